The summed E-state index contributed by atoms with van der Waals surface area (Å²) in [6, 6.07) is 10.9. The molecule has 0 aliphatic rings. The number of anilines is 1. The molecule has 0 bridgehead atoms. The maximum Gasteiger partial charge on any atom is 0.262 e. The van der Waals surface area contributed by atoms with Gasteiger partial charge in [-0.25, -0.2) is 8.42 Å². The fraction of sp³-hybridized carbons (Fsp3) is 0.133. The van der Waals surface area contributed by atoms with Crippen LogP contribution in [0.3, 0.4) is 0 Å². The van der Waals surface area contributed by atoms with Crippen molar-refractivity contribution in [2.75, 3.05) is 18.2 Å². The average Bonchev–Trinajstić information content (AvgIpc) is 2.47. The molecule has 0 fully saturated rings. The highest BCUT2D eigenvalue weighted by molar-refractivity contribution is 9.10. The molecule has 23 heavy (non-hydrogen) atoms. The van der Waals surface area contributed by atoms with Gasteiger partial charge in [-0.3, -0.25) is 4.79 Å². The third-order valence-electron chi connectivity index (χ3n) is 2.83. The average molecular weight is 419 g/mol. The van der Waals surface area contributed by atoms with Crippen molar-refractivity contribution in [2.45, 2.75) is 4.90 Å². The summed E-state index contributed by atoms with van der Waals surface area (Å²) in [7, 11) is -3.25. The Balaban J connectivity index is 1.94. The van der Waals surface area contributed by atoms with Crippen LogP contribution in [0.25, 0.3) is 0 Å². The minimum Gasteiger partial charge on any atom is -0.484 e. The fourth-order valence-corrected chi connectivity index (χ4v) is 3.06. The molecule has 2 rings (SSSR count). The molecule has 0 radical (unpaired) electrons. The van der Waals surface area contributed by atoms with Gasteiger partial charge in [0.05, 0.1) is 15.6 Å². The molecule has 0 atom stereocenters. The van der Waals surface area contributed by atoms with Crippen molar-refractivity contribution < 1.29 is 17.9 Å². The number of amides is 1. The molecule has 122 valence electrons. The Kier molecular flexibility index (Phi) is 5.67. The number of nitrogens with one attached hydrogen (secondary N) is 1. The molecule has 2 aromatic carbocycles. The Morgan fingerprint density at radius 1 is 1.22 bits per heavy atom. The summed E-state index contributed by atoms with van der Waals surface area (Å²) in [5, 5.41) is 3.04. The SMILES string of the molecule is CS(=O)(=O)c1ccc(OCC(=O)Nc2ccc(Br)cc2Cl)cc1. The van der Waals surface area contributed by atoms with E-state index in [0.29, 0.717) is 16.5 Å². The van der Waals surface area contributed by atoms with Crippen molar-refractivity contribution in [3.8, 4) is 5.75 Å². The first-order valence-corrected chi connectivity index (χ1v) is 9.50. The molecule has 0 aliphatic heterocycles. The Morgan fingerprint density at radius 2 is 1.87 bits per heavy atom. The van der Waals surface area contributed by atoms with Crippen LogP contribution in [0.2, 0.25) is 5.02 Å². The summed E-state index contributed by atoms with van der Waals surface area (Å²) in [6.07, 6.45) is 1.12. The van der Waals surface area contributed by atoms with Crippen LogP contribution in [-0.2, 0) is 14.6 Å². The van der Waals surface area contributed by atoms with E-state index >= 15 is 0 Å². The van der Waals surface area contributed by atoms with Crippen molar-refractivity contribution in [3.63, 3.8) is 0 Å². The van der Waals surface area contributed by atoms with Crippen LogP contribution in [0.5, 0.6) is 5.75 Å². The maximum atomic E-state index is 11.8. The molecule has 0 saturated carbocycles. The first-order valence-electron chi connectivity index (χ1n) is 6.43. The molecule has 0 aliphatic carbocycles. The van der Waals surface area contributed by atoms with Gasteiger partial charge in [-0.05, 0) is 42.5 Å². The van der Waals surface area contributed by atoms with Crippen molar-refractivity contribution in [2.24, 2.45) is 0 Å². The number of carbonyl (C=O) groups is 1. The number of halogens is 2. The standard InChI is InChI=1S/C15H13BrClNO4S/c1-23(20,21)12-5-3-11(4-6-12)22-9-15(19)18-14-7-2-10(16)8-13(14)17/h2-8H,9H2,1H3,(H,18,19). The molecule has 1 amide bonds. The van der Waals surface area contributed by atoms with Crippen molar-refractivity contribution in [1.82, 2.24) is 0 Å². The topological polar surface area (TPSA) is 72.5 Å². The first kappa shape index (κ1) is 17.8. The second kappa shape index (κ2) is 7.33. The van der Waals surface area contributed by atoms with Gasteiger partial charge in [0, 0.05) is 10.7 Å². The highest BCUT2D eigenvalue weighted by Crippen LogP contribution is 2.25. The van der Waals surface area contributed by atoms with Gasteiger partial charge in [0.25, 0.3) is 5.91 Å². The summed E-state index contributed by atoms with van der Waals surface area (Å²) in [6.45, 7) is -0.218. The number of ether oxygens (including phenoxy) is 1. The smallest absolute Gasteiger partial charge is 0.262 e. The molecule has 5 nitrogen and oxygen atoms in total. The van der Waals surface area contributed by atoms with Crippen LogP contribution >= 0.6 is 27.5 Å². The van der Waals surface area contributed by atoms with Crippen LogP contribution in [-0.4, -0.2) is 27.2 Å². The molecule has 8 heteroatoms. The summed E-state index contributed by atoms with van der Waals surface area (Å²) in [4.78, 5) is 12.0. The van der Waals surface area contributed by atoms with Gasteiger partial charge in [-0.2, -0.15) is 0 Å². The van der Waals surface area contributed by atoms with E-state index in [1.54, 1.807) is 18.2 Å². The third kappa shape index (κ3) is 5.23. The predicted octanol–water partition coefficient (Wildman–Crippen LogP) is 3.52. The molecular weight excluding hydrogens is 406 g/mol. The van der Waals surface area contributed by atoms with E-state index in [-0.39, 0.29) is 17.4 Å². The number of hydrogen-bond donors (Lipinski definition) is 1. The van der Waals surface area contributed by atoms with Crippen molar-refractivity contribution in [3.05, 3.63) is 52.0 Å². The Bertz CT molecular complexity index is 822. The molecule has 0 heterocycles. The quantitative estimate of drug-likeness (QED) is 0.806. The number of benzene rings is 2. The van der Waals surface area contributed by atoms with E-state index in [4.69, 9.17) is 16.3 Å². The second-order valence-corrected chi connectivity index (χ2v) is 8.04. The Morgan fingerprint density at radius 3 is 2.43 bits per heavy atom. The maximum absolute atomic E-state index is 11.8. The largest absolute Gasteiger partial charge is 0.484 e. The van der Waals surface area contributed by atoms with Gasteiger partial charge in [-0.15, -0.1) is 0 Å². The zero-order chi connectivity index (χ0) is 17.0. The van der Waals surface area contributed by atoms with Gasteiger partial charge >= 0.3 is 0 Å². The molecule has 0 spiro atoms. The first-order chi connectivity index (χ1) is 10.8. The Hall–Kier alpha value is -1.57. The van der Waals surface area contributed by atoms with Gasteiger partial charge < -0.3 is 10.1 Å². The van der Waals surface area contributed by atoms with Gasteiger partial charge in [0.15, 0.2) is 16.4 Å². The number of rotatable bonds is 5. The molecule has 0 aromatic heterocycles. The lowest BCUT2D eigenvalue weighted by atomic mass is 10.3. The molecule has 0 saturated heterocycles. The summed E-state index contributed by atoms with van der Waals surface area (Å²) in [5.74, 6) is 0.0239. The minimum atomic E-state index is -3.25. The fourth-order valence-electron chi connectivity index (χ4n) is 1.71. The van der Waals surface area contributed by atoms with Gasteiger partial charge in [0.1, 0.15) is 5.75 Å². The van der Waals surface area contributed by atoms with E-state index in [2.05, 4.69) is 21.2 Å². The van der Waals surface area contributed by atoms with Crippen LogP contribution < -0.4 is 10.1 Å². The van der Waals surface area contributed by atoms with Crippen molar-refractivity contribution >= 4 is 49.0 Å². The number of sulfone groups is 1. The summed E-state index contributed by atoms with van der Waals surface area (Å²) < 4.78 is 28.8. The van der Waals surface area contributed by atoms with E-state index in [1.165, 1.54) is 24.3 Å². The zero-order valence-corrected chi connectivity index (χ0v) is 15.2. The third-order valence-corrected chi connectivity index (χ3v) is 4.76. The summed E-state index contributed by atoms with van der Waals surface area (Å²) >= 11 is 9.29. The second-order valence-electron chi connectivity index (χ2n) is 4.70. The van der Waals surface area contributed by atoms with E-state index in [0.717, 1.165) is 10.7 Å². The van der Waals surface area contributed by atoms with E-state index < -0.39 is 9.84 Å². The normalized spacial score (nSPS) is 11.1. The predicted molar refractivity (Wildman–Crippen MR) is 92.8 cm³/mol. The number of carbonyl (C=O) groups excluding carboxylic acids is 1. The lowest BCUT2D eigenvalue weighted by Crippen LogP contribution is -2.20. The molecule has 0 unspecified atom stereocenters. The lowest BCUT2D eigenvalue weighted by molar-refractivity contribution is -0.118. The molecule has 1 N–H and O–H groups in total. The molecular formula is C15H13BrClNO4S. The zero-order valence-electron chi connectivity index (χ0n) is 12.0. The van der Waals surface area contributed by atoms with Gasteiger partial charge in [-0.1, -0.05) is 27.5 Å². The minimum absolute atomic E-state index is 0.191. The van der Waals surface area contributed by atoms with Crippen LogP contribution in [0, 0.1) is 0 Å². The Labute approximate surface area is 147 Å². The summed E-state index contributed by atoms with van der Waals surface area (Å²) in [5.41, 5.74) is 0.482. The van der Waals surface area contributed by atoms with Gasteiger partial charge in [0.2, 0.25) is 0 Å². The van der Waals surface area contributed by atoms with Crippen LogP contribution in [0.1, 0.15) is 0 Å². The number of hydrogen-bond acceptors (Lipinski definition) is 4. The van der Waals surface area contributed by atoms with E-state index in [1.807, 2.05) is 0 Å². The lowest BCUT2D eigenvalue weighted by Gasteiger charge is -2.09. The van der Waals surface area contributed by atoms with Crippen molar-refractivity contribution in [1.29, 1.82) is 0 Å². The molecule has 2 aromatic rings. The monoisotopic (exact) mass is 417 g/mol. The van der Waals surface area contributed by atoms with Crippen LogP contribution in [0.15, 0.2) is 51.8 Å². The van der Waals surface area contributed by atoms with Crippen LogP contribution in [0.4, 0.5) is 5.69 Å². The van der Waals surface area contributed by atoms with E-state index in [9.17, 15) is 13.2 Å². The highest BCUT2D eigenvalue weighted by atomic mass is 79.9. The highest BCUT2D eigenvalue weighted by Gasteiger charge is 2.09.